The summed E-state index contributed by atoms with van der Waals surface area (Å²) in [5.41, 5.74) is 5.50. The third-order valence-corrected chi connectivity index (χ3v) is 4.69. The van der Waals surface area contributed by atoms with Crippen LogP contribution in [0.4, 0.5) is 0 Å². The number of hydrogen-bond acceptors (Lipinski definition) is 4. The molecule has 1 saturated carbocycles. The van der Waals surface area contributed by atoms with Crippen LogP contribution in [0.15, 0.2) is 22.7 Å². The van der Waals surface area contributed by atoms with Crippen molar-refractivity contribution in [2.75, 3.05) is 6.54 Å². The highest BCUT2D eigenvalue weighted by Crippen LogP contribution is 2.31. The molecule has 0 aliphatic heterocycles. The second-order valence-electron chi connectivity index (χ2n) is 5.90. The summed E-state index contributed by atoms with van der Waals surface area (Å²) in [4.78, 5) is 3.94. The Labute approximate surface area is 118 Å². The molecule has 1 aromatic rings. The van der Waals surface area contributed by atoms with Crippen molar-refractivity contribution < 1.29 is 5.21 Å². The fourth-order valence-electron chi connectivity index (χ4n) is 2.12. The number of amidine groups is 1. The maximum absolute atomic E-state index is 8.82. The quantitative estimate of drug-likeness (QED) is 0.350. The van der Waals surface area contributed by atoms with E-state index in [9.17, 15) is 0 Å². The topological polar surface area (TPSA) is 61.8 Å². The molecule has 1 heterocycles. The smallest absolute Gasteiger partial charge is 0.144 e. The first-order chi connectivity index (χ1) is 9.03. The van der Waals surface area contributed by atoms with Gasteiger partial charge in [-0.1, -0.05) is 25.1 Å². The lowest BCUT2D eigenvalue weighted by molar-refractivity contribution is 0.226. The van der Waals surface area contributed by atoms with Crippen LogP contribution in [0.5, 0.6) is 0 Å². The van der Waals surface area contributed by atoms with Crippen molar-refractivity contribution in [3.05, 3.63) is 22.4 Å². The Morgan fingerprint density at radius 3 is 2.84 bits per heavy atom. The van der Waals surface area contributed by atoms with Crippen molar-refractivity contribution >= 4 is 17.2 Å². The van der Waals surface area contributed by atoms with Crippen LogP contribution >= 0.6 is 11.3 Å². The van der Waals surface area contributed by atoms with Crippen LogP contribution < -0.4 is 5.73 Å². The summed E-state index contributed by atoms with van der Waals surface area (Å²) in [6.07, 6.45) is 3.51. The summed E-state index contributed by atoms with van der Waals surface area (Å²) in [5.74, 6) is 0.319. The van der Waals surface area contributed by atoms with E-state index >= 15 is 0 Å². The number of rotatable bonds is 7. The first-order valence-electron chi connectivity index (χ1n) is 6.77. The predicted octanol–water partition coefficient (Wildman–Crippen LogP) is 2.88. The summed E-state index contributed by atoms with van der Waals surface area (Å²) < 4.78 is 0. The molecule has 0 bridgehead atoms. The SMILES string of the molecule is CC(C)(CCN(Cc1cccs1)C1CC1)C(N)=NO. The van der Waals surface area contributed by atoms with E-state index in [1.807, 2.05) is 25.2 Å². The lowest BCUT2D eigenvalue weighted by Gasteiger charge is -2.28. The van der Waals surface area contributed by atoms with Crippen molar-refractivity contribution in [1.29, 1.82) is 0 Å². The zero-order chi connectivity index (χ0) is 13.9. The fourth-order valence-corrected chi connectivity index (χ4v) is 2.85. The minimum absolute atomic E-state index is 0.253. The van der Waals surface area contributed by atoms with Gasteiger partial charge in [0.15, 0.2) is 0 Å². The molecule has 2 rings (SSSR count). The summed E-state index contributed by atoms with van der Waals surface area (Å²) in [7, 11) is 0. The number of nitrogens with zero attached hydrogens (tertiary/aromatic N) is 2. The Bertz CT molecular complexity index is 424. The number of oxime groups is 1. The van der Waals surface area contributed by atoms with E-state index in [2.05, 4.69) is 27.6 Å². The number of thiophene rings is 1. The van der Waals surface area contributed by atoms with Crippen LogP contribution in [0.25, 0.3) is 0 Å². The maximum atomic E-state index is 8.82. The molecule has 0 amide bonds. The normalized spacial score (nSPS) is 17.1. The van der Waals surface area contributed by atoms with Gasteiger partial charge in [-0.3, -0.25) is 4.90 Å². The summed E-state index contributed by atoms with van der Waals surface area (Å²) >= 11 is 1.81. The Kier molecular flexibility index (Phi) is 4.47. The van der Waals surface area contributed by atoms with E-state index in [0.29, 0.717) is 5.84 Å². The van der Waals surface area contributed by atoms with Gasteiger partial charge in [0, 0.05) is 22.9 Å². The predicted molar refractivity (Wildman–Crippen MR) is 79.6 cm³/mol. The fraction of sp³-hybridized carbons (Fsp3) is 0.643. The Balaban J connectivity index is 1.91. The zero-order valence-electron chi connectivity index (χ0n) is 11.7. The van der Waals surface area contributed by atoms with Crippen molar-refractivity contribution in [1.82, 2.24) is 4.90 Å². The van der Waals surface area contributed by atoms with Gasteiger partial charge in [-0.15, -0.1) is 11.3 Å². The van der Waals surface area contributed by atoms with Crippen LogP contribution in [0.2, 0.25) is 0 Å². The molecule has 0 unspecified atom stereocenters. The molecule has 0 atom stereocenters. The first kappa shape index (κ1) is 14.3. The minimum Gasteiger partial charge on any atom is -0.409 e. The summed E-state index contributed by atoms with van der Waals surface area (Å²) in [6.45, 7) is 6.07. The number of hydrogen-bond donors (Lipinski definition) is 2. The van der Waals surface area contributed by atoms with Gasteiger partial charge in [0.1, 0.15) is 5.84 Å². The zero-order valence-corrected chi connectivity index (χ0v) is 12.5. The van der Waals surface area contributed by atoms with E-state index in [1.54, 1.807) is 0 Å². The van der Waals surface area contributed by atoms with E-state index in [-0.39, 0.29) is 5.41 Å². The highest BCUT2D eigenvalue weighted by Gasteiger charge is 2.31. The molecule has 1 aromatic heterocycles. The Morgan fingerprint density at radius 1 is 1.58 bits per heavy atom. The van der Waals surface area contributed by atoms with Crippen LogP contribution in [-0.4, -0.2) is 28.5 Å². The Morgan fingerprint density at radius 2 is 2.32 bits per heavy atom. The van der Waals surface area contributed by atoms with Gasteiger partial charge in [0.05, 0.1) is 0 Å². The number of nitrogens with two attached hydrogens (primary N) is 1. The molecular weight excluding hydrogens is 258 g/mol. The molecule has 19 heavy (non-hydrogen) atoms. The highest BCUT2D eigenvalue weighted by atomic mass is 32.1. The second kappa shape index (κ2) is 5.92. The van der Waals surface area contributed by atoms with E-state index in [1.165, 1.54) is 17.7 Å². The van der Waals surface area contributed by atoms with Gasteiger partial charge in [-0.2, -0.15) is 0 Å². The highest BCUT2D eigenvalue weighted by molar-refractivity contribution is 7.09. The van der Waals surface area contributed by atoms with Gasteiger partial charge in [-0.25, -0.2) is 0 Å². The van der Waals surface area contributed by atoms with Gasteiger partial charge >= 0.3 is 0 Å². The molecule has 1 aliphatic rings. The maximum Gasteiger partial charge on any atom is 0.144 e. The van der Waals surface area contributed by atoms with Crippen LogP contribution in [0.1, 0.15) is 38.0 Å². The molecule has 1 aliphatic carbocycles. The van der Waals surface area contributed by atoms with Crippen LogP contribution in [0.3, 0.4) is 0 Å². The van der Waals surface area contributed by atoms with E-state index in [0.717, 1.165) is 25.6 Å². The molecule has 1 fully saturated rings. The van der Waals surface area contributed by atoms with Crippen molar-refractivity contribution in [3.8, 4) is 0 Å². The average molecular weight is 281 g/mol. The van der Waals surface area contributed by atoms with Crippen molar-refractivity contribution in [2.24, 2.45) is 16.3 Å². The van der Waals surface area contributed by atoms with E-state index < -0.39 is 0 Å². The molecule has 106 valence electrons. The molecule has 0 aromatic carbocycles. The van der Waals surface area contributed by atoms with E-state index in [4.69, 9.17) is 10.9 Å². The second-order valence-corrected chi connectivity index (χ2v) is 6.93. The van der Waals surface area contributed by atoms with Crippen LogP contribution in [-0.2, 0) is 6.54 Å². The molecule has 5 heteroatoms. The van der Waals surface area contributed by atoms with Crippen LogP contribution in [0, 0.1) is 5.41 Å². The first-order valence-corrected chi connectivity index (χ1v) is 7.65. The van der Waals surface area contributed by atoms with Gasteiger partial charge in [-0.05, 0) is 37.3 Å². The van der Waals surface area contributed by atoms with Crippen molar-refractivity contribution in [3.63, 3.8) is 0 Å². The monoisotopic (exact) mass is 281 g/mol. The van der Waals surface area contributed by atoms with Crippen molar-refractivity contribution in [2.45, 2.75) is 45.7 Å². The lowest BCUT2D eigenvalue weighted by Crippen LogP contribution is -2.36. The molecule has 0 radical (unpaired) electrons. The summed E-state index contributed by atoms with van der Waals surface area (Å²) in [6, 6.07) is 5.02. The molecular formula is C14H23N3OS. The van der Waals surface area contributed by atoms with Gasteiger partial charge in [0.25, 0.3) is 0 Å². The average Bonchev–Trinajstić information content (AvgIpc) is 3.11. The standard InChI is InChI=1S/C14H23N3OS/c1-14(2,13(15)16-18)7-8-17(11-5-6-11)10-12-4-3-9-19-12/h3-4,9,11,18H,5-8,10H2,1-2H3,(H2,15,16). The summed E-state index contributed by atoms with van der Waals surface area (Å²) in [5, 5.41) is 14.1. The minimum atomic E-state index is -0.253. The third kappa shape index (κ3) is 3.94. The Hall–Kier alpha value is -1.07. The molecule has 0 spiro atoms. The molecule has 4 nitrogen and oxygen atoms in total. The lowest BCUT2D eigenvalue weighted by atomic mass is 9.88. The largest absolute Gasteiger partial charge is 0.409 e. The van der Waals surface area contributed by atoms with Gasteiger partial charge < -0.3 is 10.9 Å². The third-order valence-electron chi connectivity index (χ3n) is 3.83. The molecule has 0 saturated heterocycles. The van der Waals surface area contributed by atoms with Gasteiger partial charge in [0.2, 0.25) is 0 Å². The molecule has 3 N–H and O–H groups in total.